The second-order valence-electron chi connectivity index (χ2n) is 4.38. The number of aliphatic hydroxyl groups excluding tert-OH is 1. The molecular weight excluding hydrogens is 230 g/mol. The summed E-state index contributed by atoms with van der Waals surface area (Å²) in [5.74, 6) is 0. The fraction of sp³-hybridized carbons (Fsp3) is 0.538. The van der Waals surface area contributed by atoms with Crippen LogP contribution in [0.2, 0.25) is 0 Å². The Labute approximate surface area is 108 Å². The SMILES string of the molecule is Cc1ccc(CCNC(=O)NCCC(C)O)cn1. The first kappa shape index (κ1) is 14.4. The van der Waals surface area contributed by atoms with Gasteiger partial charge in [0.25, 0.3) is 0 Å². The van der Waals surface area contributed by atoms with Crippen LogP contribution in [0.15, 0.2) is 18.3 Å². The number of aliphatic hydroxyl groups is 1. The molecule has 0 fully saturated rings. The maximum absolute atomic E-state index is 11.3. The summed E-state index contributed by atoms with van der Waals surface area (Å²) in [4.78, 5) is 15.5. The van der Waals surface area contributed by atoms with E-state index in [1.807, 2.05) is 25.3 Å². The standard InChI is InChI=1S/C13H21N3O2/c1-10-3-4-12(9-16-10)6-8-15-13(18)14-7-5-11(2)17/h3-4,9,11,17H,5-8H2,1-2H3,(H2,14,15,18). The summed E-state index contributed by atoms with van der Waals surface area (Å²) < 4.78 is 0. The lowest BCUT2D eigenvalue weighted by molar-refractivity contribution is 0.183. The third-order valence-electron chi connectivity index (χ3n) is 2.52. The number of rotatable bonds is 6. The number of carbonyl (C=O) groups is 1. The van der Waals surface area contributed by atoms with E-state index in [1.165, 1.54) is 0 Å². The highest BCUT2D eigenvalue weighted by Gasteiger charge is 2.01. The van der Waals surface area contributed by atoms with Gasteiger partial charge in [-0.3, -0.25) is 4.98 Å². The van der Waals surface area contributed by atoms with Gasteiger partial charge in [-0.2, -0.15) is 0 Å². The molecule has 3 N–H and O–H groups in total. The minimum Gasteiger partial charge on any atom is -0.393 e. The van der Waals surface area contributed by atoms with Crippen LogP contribution in [-0.2, 0) is 6.42 Å². The van der Waals surface area contributed by atoms with Crippen molar-refractivity contribution in [3.05, 3.63) is 29.6 Å². The summed E-state index contributed by atoms with van der Waals surface area (Å²) in [6.45, 7) is 4.70. The van der Waals surface area contributed by atoms with E-state index in [0.717, 1.165) is 17.7 Å². The van der Waals surface area contributed by atoms with Crippen molar-refractivity contribution in [2.45, 2.75) is 32.8 Å². The van der Waals surface area contributed by atoms with E-state index in [4.69, 9.17) is 5.11 Å². The van der Waals surface area contributed by atoms with Gasteiger partial charge in [-0.1, -0.05) is 6.07 Å². The second-order valence-corrected chi connectivity index (χ2v) is 4.38. The molecule has 0 spiro atoms. The van der Waals surface area contributed by atoms with Crippen LogP contribution in [0.5, 0.6) is 0 Å². The summed E-state index contributed by atoms with van der Waals surface area (Å²) in [5, 5.41) is 14.5. The molecule has 100 valence electrons. The smallest absolute Gasteiger partial charge is 0.314 e. The lowest BCUT2D eigenvalue weighted by Crippen LogP contribution is -2.37. The molecule has 0 radical (unpaired) electrons. The number of hydrogen-bond acceptors (Lipinski definition) is 3. The normalized spacial score (nSPS) is 11.9. The van der Waals surface area contributed by atoms with Crippen LogP contribution in [0.25, 0.3) is 0 Å². The Bertz CT molecular complexity index is 363. The fourth-order valence-electron chi connectivity index (χ4n) is 1.42. The Morgan fingerprint density at radius 2 is 2.11 bits per heavy atom. The number of nitrogens with zero attached hydrogens (tertiary/aromatic N) is 1. The van der Waals surface area contributed by atoms with Crippen molar-refractivity contribution in [3.8, 4) is 0 Å². The van der Waals surface area contributed by atoms with Crippen LogP contribution in [0.1, 0.15) is 24.6 Å². The number of nitrogens with one attached hydrogen (secondary N) is 2. The lowest BCUT2D eigenvalue weighted by atomic mass is 10.2. The third kappa shape index (κ3) is 6.20. The van der Waals surface area contributed by atoms with E-state index < -0.39 is 0 Å². The van der Waals surface area contributed by atoms with E-state index in [-0.39, 0.29) is 12.1 Å². The largest absolute Gasteiger partial charge is 0.393 e. The van der Waals surface area contributed by atoms with Gasteiger partial charge in [0.05, 0.1) is 6.10 Å². The molecule has 0 aliphatic rings. The van der Waals surface area contributed by atoms with E-state index in [9.17, 15) is 4.79 Å². The second kappa shape index (κ2) is 7.66. The van der Waals surface area contributed by atoms with Gasteiger partial charge in [0, 0.05) is 25.0 Å². The summed E-state index contributed by atoms with van der Waals surface area (Å²) in [6.07, 6.45) is 2.76. The number of pyridine rings is 1. The molecule has 1 aromatic heterocycles. The average Bonchev–Trinajstić information content (AvgIpc) is 2.31. The minimum absolute atomic E-state index is 0.198. The van der Waals surface area contributed by atoms with E-state index in [2.05, 4.69) is 15.6 Å². The average molecular weight is 251 g/mol. The molecule has 5 heteroatoms. The molecule has 0 aliphatic heterocycles. The number of carbonyl (C=O) groups excluding carboxylic acids is 1. The first-order chi connectivity index (χ1) is 8.58. The number of urea groups is 1. The molecule has 0 saturated heterocycles. The van der Waals surface area contributed by atoms with Crippen LogP contribution in [0, 0.1) is 6.92 Å². The quantitative estimate of drug-likeness (QED) is 0.706. The maximum atomic E-state index is 11.3. The fourth-order valence-corrected chi connectivity index (χ4v) is 1.42. The highest BCUT2D eigenvalue weighted by molar-refractivity contribution is 5.73. The molecule has 0 aromatic carbocycles. The molecule has 1 aromatic rings. The predicted octanol–water partition coefficient (Wildman–Crippen LogP) is 1.00. The van der Waals surface area contributed by atoms with Gasteiger partial charge in [-0.25, -0.2) is 4.79 Å². The van der Waals surface area contributed by atoms with Crippen LogP contribution in [0.4, 0.5) is 4.79 Å². The zero-order valence-corrected chi connectivity index (χ0v) is 10.9. The molecule has 1 rings (SSSR count). The van der Waals surface area contributed by atoms with Crippen LogP contribution >= 0.6 is 0 Å². The summed E-state index contributed by atoms with van der Waals surface area (Å²) in [7, 11) is 0. The van der Waals surface area contributed by atoms with Gasteiger partial charge in [0.2, 0.25) is 0 Å². The molecule has 1 unspecified atom stereocenters. The maximum Gasteiger partial charge on any atom is 0.314 e. The number of aromatic nitrogens is 1. The Balaban J connectivity index is 2.13. The van der Waals surface area contributed by atoms with Gasteiger partial charge in [-0.05, 0) is 38.3 Å². The molecule has 2 amide bonds. The van der Waals surface area contributed by atoms with Gasteiger partial charge >= 0.3 is 6.03 Å². The predicted molar refractivity (Wildman–Crippen MR) is 70.4 cm³/mol. The van der Waals surface area contributed by atoms with Gasteiger partial charge in [-0.15, -0.1) is 0 Å². The first-order valence-electron chi connectivity index (χ1n) is 6.19. The topological polar surface area (TPSA) is 74.2 Å². The van der Waals surface area contributed by atoms with Crippen molar-refractivity contribution in [1.82, 2.24) is 15.6 Å². The molecule has 5 nitrogen and oxygen atoms in total. The van der Waals surface area contributed by atoms with Gasteiger partial charge < -0.3 is 15.7 Å². The number of hydrogen-bond donors (Lipinski definition) is 3. The zero-order chi connectivity index (χ0) is 13.4. The third-order valence-corrected chi connectivity index (χ3v) is 2.52. The van der Waals surface area contributed by atoms with E-state index >= 15 is 0 Å². The van der Waals surface area contributed by atoms with Gasteiger partial charge in [0.1, 0.15) is 0 Å². The number of aryl methyl sites for hydroxylation is 1. The van der Waals surface area contributed by atoms with Crippen LogP contribution in [0.3, 0.4) is 0 Å². The summed E-state index contributed by atoms with van der Waals surface area (Å²) in [6, 6.07) is 3.77. The van der Waals surface area contributed by atoms with Crippen molar-refractivity contribution < 1.29 is 9.90 Å². The van der Waals surface area contributed by atoms with Crippen molar-refractivity contribution in [2.24, 2.45) is 0 Å². The Morgan fingerprint density at radius 1 is 1.39 bits per heavy atom. The summed E-state index contributed by atoms with van der Waals surface area (Å²) >= 11 is 0. The lowest BCUT2D eigenvalue weighted by Gasteiger charge is -2.08. The molecule has 18 heavy (non-hydrogen) atoms. The number of amides is 2. The highest BCUT2D eigenvalue weighted by Crippen LogP contribution is 1.99. The Kier molecular flexibility index (Phi) is 6.14. The molecule has 0 saturated carbocycles. The molecule has 1 heterocycles. The Hall–Kier alpha value is -1.62. The summed E-state index contributed by atoms with van der Waals surface area (Å²) in [5.41, 5.74) is 2.09. The molecule has 1 atom stereocenters. The minimum atomic E-state index is -0.385. The first-order valence-corrected chi connectivity index (χ1v) is 6.19. The molecule has 0 aliphatic carbocycles. The van der Waals surface area contributed by atoms with Crippen molar-refractivity contribution >= 4 is 6.03 Å². The molecular formula is C13H21N3O2. The van der Waals surface area contributed by atoms with Crippen molar-refractivity contribution in [3.63, 3.8) is 0 Å². The van der Waals surface area contributed by atoms with Crippen molar-refractivity contribution in [1.29, 1.82) is 0 Å². The van der Waals surface area contributed by atoms with Crippen molar-refractivity contribution in [2.75, 3.05) is 13.1 Å². The Morgan fingerprint density at radius 3 is 2.72 bits per heavy atom. The zero-order valence-electron chi connectivity index (χ0n) is 10.9. The monoisotopic (exact) mass is 251 g/mol. The molecule has 0 bridgehead atoms. The van der Waals surface area contributed by atoms with E-state index in [0.29, 0.717) is 19.5 Å². The van der Waals surface area contributed by atoms with Crippen LogP contribution < -0.4 is 10.6 Å². The highest BCUT2D eigenvalue weighted by atomic mass is 16.3. The van der Waals surface area contributed by atoms with E-state index in [1.54, 1.807) is 6.92 Å². The van der Waals surface area contributed by atoms with Gasteiger partial charge in [0.15, 0.2) is 0 Å². The van der Waals surface area contributed by atoms with Crippen LogP contribution in [-0.4, -0.2) is 35.3 Å².